The van der Waals surface area contributed by atoms with Crippen molar-refractivity contribution < 1.29 is 4.74 Å². The molecule has 0 aliphatic rings. The van der Waals surface area contributed by atoms with Crippen LogP contribution in [0, 0.1) is 5.92 Å². The molecule has 0 aromatic heterocycles. The molecule has 3 N–H and O–H groups in total. The highest BCUT2D eigenvalue weighted by atomic mass is 16.5. The lowest BCUT2D eigenvalue weighted by Crippen LogP contribution is -2.37. The fourth-order valence-corrected chi connectivity index (χ4v) is 1.08. The summed E-state index contributed by atoms with van der Waals surface area (Å²) < 4.78 is 5.51. The Kier molecular flexibility index (Phi) is 6.32. The van der Waals surface area contributed by atoms with Gasteiger partial charge in [0.2, 0.25) is 0 Å². The van der Waals surface area contributed by atoms with Crippen LogP contribution in [0.5, 0.6) is 0 Å². The molecule has 0 aliphatic carbocycles. The van der Waals surface area contributed by atoms with Crippen molar-refractivity contribution in [3.63, 3.8) is 0 Å². The van der Waals surface area contributed by atoms with E-state index in [1.807, 2.05) is 20.8 Å². The molecule has 0 saturated heterocycles. The van der Waals surface area contributed by atoms with Crippen molar-refractivity contribution in [3.8, 4) is 0 Å². The van der Waals surface area contributed by atoms with E-state index in [2.05, 4.69) is 24.2 Å². The summed E-state index contributed by atoms with van der Waals surface area (Å²) in [7, 11) is 0. The second-order valence-corrected chi connectivity index (χ2v) is 4.67. The summed E-state index contributed by atoms with van der Waals surface area (Å²) >= 11 is 0. The fourth-order valence-electron chi connectivity index (χ4n) is 1.08. The zero-order chi connectivity index (χ0) is 11.9. The summed E-state index contributed by atoms with van der Waals surface area (Å²) in [6.07, 6.45) is 0. The maximum absolute atomic E-state index is 5.71. The Hall–Kier alpha value is -0.770. The van der Waals surface area contributed by atoms with Crippen molar-refractivity contribution in [2.24, 2.45) is 16.6 Å². The second kappa shape index (κ2) is 6.67. The van der Waals surface area contributed by atoms with Crippen LogP contribution in [-0.2, 0) is 4.74 Å². The van der Waals surface area contributed by atoms with Gasteiger partial charge in [0, 0.05) is 13.2 Å². The van der Waals surface area contributed by atoms with Crippen LogP contribution < -0.4 is 11.1 Å². The van der Waals surface area contributed by atoms with E-state index in [1.54, 1.807) is 0 Å². The molecule has 0 fully saturated rings. The lowest BCUT2D eigenvalue weighted by atomic mass is 10.1. The van der Waals surface area contributed by atoms with Gasteiger partial charge < -0.3 is 15.8 Å². The van der Waals surface area contributed by atoms with E-state index in [4.69, 9.17) is 10.5 Å². The monoisotopic (exact) mass is 215 g/mol. The third kappa shape index (κ3) is 8.24. The van der Waals surface area contributed by atoms with E-state index in [1.165, 1.54) is 0 Å². The van der Waals surface area contributed by atoms with Gasteiger partial charge in [-0.3, -0.25) is 4.99 Å². The molecule has 0 bridgehead atoms. The van der Waals surface area contributed by atoms with Gasteiger partial charge >= 0.3 is 0 Å². The van der Waals surface area contributed by atoms with Gasteiger partial charge in [0.15, 0.2) is 5.96 Å². The Balaban J connectivity index is 3.93. The van der Waals surface area contributed by atoms with Crippen LogP contribution in [0.2, 0.25) is 0 Å². The van der Waals surface area contributed by atoms with Crippen molar-refractivity contribution in [2.45, 2.75) is 40.2 Å². The predicted molar refractivity (Wildman–Crippen MR) is 65.0 cm³/mol. The highest BCUT2D eigenvalue weighted by Gasteiger charge is 2.16. The summed E-state index contributed by atoms with van der Waals surface area (Å²) in [4.78, 5) is 4.24. The molecule has 0 aromatic carbocycles. The van der Waals surface area contributed by atoms with Gasteiger partial charge in [-0.2, -0.15) is 0 Å². The number of aliphatic imine (C=N–C) groups is 1. The number of guanidine groups is 1. The lowest BCUT2D eigenvalue weighted by molar-refractivity contribution is -0.00215. The number of hydrogen-bond acceptors (Lipinski definition) is 2. The maximum Gasteiger partial charge on any atom is 0.188 e. The molecule has 0 heterocycles. The first-order valence-corrected chi connectivity index (χ1v) is 5.55. The molecule has 0 aromatic rings. The third-order valence-corrected chi connectivity index (χ3v) is 1.86. The number of hydrogen-bond donors (Lipinski definition) is 2. The standard InChI is InChI=1S/C11H25N3O/c1-6-15-11(4,5)8-14-10(12)13-7-9(2)3/h9H,6-8H2,1-5H3,(H3,12,13,14). The fraction of sp³-hybridized carbons (Fsp3) is 0.909. The summed E-state index contributed by atoms with van der Waals surface area (Å²) in [5, 5.41) is 3.07. The average molecular weight is 215 g/mol. The van der Waals surface area contributed by atoms with E-state index < -0.39 is 0 Å². The first-order chi connectivity index (χ1) is 6.87. The largest absolute Gasteiger partial charge is 0.374 e. The summed E-state index contributed by atoms with van der Waals surface area (Å²) in [6.45, 7) is 12.4. The van der Waals surface area contributed by atoms with Crippen molar-refractivity contribution in [1.29, 1.82) is 0 Å². The number of ether oxygens (including phenoxy) is 1. The Morgan fingerprint density at radius 2 is 2.07 bits per heavy atom. The van der Waals surface area contributed by atoms with Gasteiger partial charge in [-0.1, -0.05) is 13.8 Å². The van der Waals surface area contributed by atoms with Crippen LogP contribution in [0.3, 0.4) is 0 Å². The quantitative estimate of drug-likeness (QED) is 0.519. The van der Waals surface area contributed by atoms with Gasteiger partial charge in [-0.15, -0.1) is 0 Å². The zero-order valence-electron chi connectivity index (χ0n) is 10.6. The molecular weight excluding hydrogens is 190 g/mol. The summed E-state index contributed by atoms with van der Waals surface area (Å²) in [5.74, 6) is 1.06. The van der Waals surface area contributed by atoms with Crippen LogP contribution in [0.4, 0.5) is 0 Å². The molecular formula is C11H25N3O. The predicted octanol–water partition coefficient (Wildman–Crippen LogP) is 1.36. The van der Waals surface area contributed by atoms with Gasteiger partial charge in [0.05, 0.1) is 12.1 Å². The number of nitrogens with one attached hydrogen (secondary N) is 1. The first kappa shape index (κ1) is 14.2. The van der Waals surface area contributed by atoms with Crippen molar-refractivity contribution in [1.82, 2.24) is 5.32 Å². The molecule has 0 radical (unpaired) electrons. The third-order valence-electron chi connectivity index (χ3n) is 1.86. The topological polar surface area (TPSA) is 59.6 Å². The molecule has 0 saturated carbocycles. The molecule has 4 heteroatoms. The number of nitrogens with zero attached hydrogens (tertiary/aromatic N) is 1. The van der Waals surface area contributed by atoms with Gasteiger partial charge in [-0.25, -0.2) is 0 Å². The highest BCUT2D eigenvalue weighted by molar-refractivity contribution is 5.77. The van der Waals surface area contributed by atoms with E-state index >= 15 is 0 Å². The average Bonchev–Trinajstić information content (AvgIpc) is 2.11. The molecule has 15 heavy (non-hydrogen) atoms. The minimum atomic E-state index is -0.237. The molecule has 0 spiro atoms. The van der Waals surface area contributed by atoms with E-state index in [0.717, 1.165) is 6.54 Å². The normalized spacial score (nSPS) is 13.3. The second-order valence-electron chi connectivity index (χ2n) is 4.67. The minimum absolute atomic E-state index is 0.237. The van der Waals surface area contributed by atoms with Gasteiger partial charge in [0.25, 0.3) is 0 Å². The van der Waals surface area contributed by atoms with E-state index in [9.17, 15) is 0 Å². The molecule has 90 valence electrons. The van der Waals surface area contributed by atoms with Crippen LogP contribution in [-0.4, -0.2) is 31.3 Å². The molecule has 0 aliphatic heterocycles. The van der Waals surface area contributed by atoms with Crippen LogP contribution in [0.1, 0.15) is 34.6 Å². The maximum atomic E-state index is 5.71. The Labute approximate surface area is 93.3 Å². The minimum Gasteiger partial charge on any atom is -0.374 e. The van der Waals surface area contributed by atoms with Crippen LogP contribution >= 0.6 is 0 Å². The molecule has 4 nitrogen and oxygen atoms in total. The van der Waals surface area contributed by atoms with E-state index in [-0.39, 0.29) is 5.60 Å². The number of nitrogens with two attached hydrogens (primary N) is 1. The van der Waals surface area contributed by atoms with Crippen molar-refractivity contribution >= 4 is 5.96 Å². The first-order valence-electron chi connectivity index (χ1n) is 5.55. The molecule has 0 unspecified atom stereocenters. The van der Waals surface area contributed by atoms with Gasteiger partial charge in [0.1, 0.15) is 0 Å². The van der Waals surface area contributed by atoms with Crippen LogP contribution in [0.15, 0.2) is 4.99 Å². The Morgan fingerprint density at radius 3 is 2.53 bits per heavy atom. The van der Waals surface area contributed by atoms with Crippen LogP contribution in [0.25, 0.3) is 0 Å². The van der Waals surface area contributed by atoms with Crippen molar-refractivity contribution in [3.05, 3.63) is 0 Å². The molecule has 0 atom stereocenters. The Morgan fingerprint density at radius 1 is 1.47 bits per heavy atom. The smallest absolute Gasteiger partial charge is 0.188 e. The van der Waals surface area contributed by atoms with Gasteiger partial charge in [-0.05, 0) is 26.7 Å². The summed E-state index contributed by atoms with van der Waals surface area (Å²) in [5.41, 5.74) is 5.47. The number of rotatable bonds is 6. The highest BCUT2D eigenvalue weighted by Crippen LogP contribution is 2.08. The van der Waals surface area contributed by atoms with Crippen molar-refractivity contribution in [2.75, 3.05) is 19.7 Å². The SMILES string of the molecule is CCOC(C)(C)CN=C(N)NCC(C)C. The zero-order valence-corrected chi connectivity index (χ0v) is 10.6. The molecule has 0 rings (SSSR count). The lowest BCUT2D eigenvalue weighted by Gasteiger charge is -2.22. The van der Waals surface area contributed by atoms with E-state index in [0.29, 0.717) is 25.0 Å². The Bertz CT molecular complexity index is 200. The summed E-state index contributed by atoms with van der Waals surface area (Å²) in [6, 6.07) is 0. The molecule has 0 amide bonds.